The molecule has 368 valence electrons. The van der Waals surface area contributed by atoms with Crippen molar-refractivity contribution in [2.75, 3.05) is 14.2 Å². The van der Waals surface area contributed by atoms with Crippen LogP contribution in [0.2, 0.25) is 0 Å². The van der Waals surface area contributed by atoms with Gasteiger partial charge in [-0.3, -0.25) is 19.2 Å². The van der Waals surface area contributed by atoms with Crippen molar-refractivity contribution in [1.29, 1.82) is 0 Å². The lowest BCUT2D eigenvalue weighted by molar-refractivity contribution is -0.167. The molecule has 8 aliphatic carbocycles. The Balaban J connectivity index is 0.771. The molecule has 0 aliphatic heterocycles. The van der Waals surface area contributed by atoms with E-state index in [0.717, 1.165) is 77.0 Å². The van der Waals surface area contributed by atoms with Crippen LogP contribution in [0, 0.1) is 92.7 Å². The number of methoxy groups -OCH3 is 2. The van der Waals surface area contributed by atoms with Gasteiger partial charge in [0.1, 0.15) is 0 Å². The molecule has 10 nitrogen and oxygen atoms in total. The average Bonchev–Trinajstić information content (AvgIpc) is 3.82. The maximum Gasteiger partial charge on any atom is 0.305 e. The summed E-state index contributed by atoms with van der Waals surface area (Å²) in [6.45, 7) is 14.6. The number of hydrogen-bond acceptors (Lipinski definition) is 8. The number of fused-ring (bicyclic) bond motifs is 10. The fourth-order valence-electron chi connectivity index (χ4n) is 19.0. The van der Waals surface area contributed by atoms with E-state index in [-0.39, 0.29) is 69.7 Å². The number of carbonyl (C=O) groups is 4. The summed E-state index contributed by atoms with van der Waals surface area (Å²) in [5.41, 5.74) is 0.769. The van der Waals surface area contributed by atoms with Crippen LogP contribution >= 0.6 is 0 Å². The molecule has 10 unspecified atom stereocenters. The van der Waals surface area contributed by atoms with Gasteiger partial charge in [0.15, 0.2) is 0 Å². The van der Waals surface area contributed by atoms with Crippen molar-refractivity contribution in [3.8, 4) is 0 Å². The Morgan fingerprint density at radius 2 is 0.892 bits per heavy atom. The Hall–Kier alpha value is -2.20. The standard InChI is InChI=1S/C55H90N2O8/c1-32(12-18-48(62)64-7)38-14-16-40-50-42(22-26-54(38,40)5)52(3)24-20-36(28-34(52)30-44(50)58)56-46(60)10-9-11-47(61)57-37-21-25-53(4)35(29-37)31-45(59)51-41-17-15-39(33(2)13-19-49(63)65-8)55(41,6)27-23-43(51)53/h32-45,50-51,58-59H,9-31H2,1-8H3,(H,56,60)(H,57,61)/t32-,33-,34?,35?,36-,37+,38-,39-,40?,41?,42?,43?,44?,45?,50?,51?,52+,53+,54-,55-/m1/s1. The van der Waals surface area contributed by atoms with Crippen molar-refractivity contribution in [3.05, 3.63) is 0 Å². The van der Waals surface area contributed by atoms with Gasteiger partial charge in [0.2, 0.25) is 11.8 Å². The molecule has 0 radical (unpaired) electrons. The zero-order valence-corrected chi connectivity index (χ0v) is 41.8. The first kappa shape index (κ1) is 49.2. The van der Waals surface area contributed by atoms with Gasteiger partial charge in [-0.2, -0.15) is 0 Å². The predicted octanol–water partition coefficient (Wildman–Crippen LogP) is 9.56. The van der Waals surface area contributed by atoms with Gasteiger partial charge in [-0.05, 0) is 215 Å². The molecule has 0 aromatic rings. The van der Waals surface area contributed by atoms with Crippen LogP contribution in [0.3, 0.4) is 0 Å². The third-order valence-corrected chi connectivity index (χ3v) is 22.5. The van der Waals surface area contributed by atoms with E-state index >= 15 is 0 Å². The van der Waals surface area contributed by atoms with Crippen molar-refractivity contribution in [2.24, 2.45) is 92.7 Å². The number of carbonyl (C=O) groups excluding carboxylic acids is 4. The summed E-state index contributed by atoms with van der Waals surface area (Å²) >= 11 is 0. The number of amides is 2. The summed E-state index contributed by atoms with van der Waals surface area (Å²) < 4.78 is 9.90. The Morgan fingerprint density at radius 3 is 1.28 bits per heavy atom. The van der Waals surface area contributed by atoms with Crippen molar-refractivity contribution in [1.82, 2.24) is 10.6 Å². The number of aliphatic hydroxyl groups is 2. The van der Waals surface area contributed by atoms with Crippen molar-refractivity contribution in [3.63, 3.8) is 0 Å². The van der Waals surface area contributed by atoms with Crippen molar-refractivity contribution in [2.45, 2.75) is 214 Å². The van der Waals surface area contributed by atoms with Gasteiger partial charge in [-0.1, -0.05) is 41.5 Å². The van der Waals surface area contributed by atoms with Crippen LogP contribution in [0.5, 0.6) is 0 Å². The molecule has 2 amide bonds. The first-order valence-electron chi connectivity index (χ1n) is 26.9. The molecule has 0 spiro atoms. The van der Waals surface area contributed by atoms with Crippen LogP contribution in [0.1, 0.15) is 189 Å². The number of nitrogens with one attached hydrogen (secondary N) is 2. The molecule has 8 rings (SSSR count). The molecule has 0 bridgehead atoms. The summed E-state index contributed by atoms with van der Waals surface area (Å²) in [4.78, 5) is 50.6. The van der Waals surface area contributed by atoms with Crippen molar-refractivity contribution >= 4 is 23.8 Å². The third-order valence-electron chi connectivity index (χ3n) is 22.5. The highest BCUT2D eigenvalue weighted by Gasteiger charge is 2.65. The highest BCUT2D eigenvalue weighted by molar-refractivity contribution is 5.79. The monoisotopic (exact) mass is 907 g/mol. The van der Waals surface area contributed by atoms with E-state index < -0.39 is 0 Å². The molecule has 0 saturated heterocycles. The Kier molecular flexibility index (Phi) is 14.6. The number of ether oxygens (including phenoxy) is 2. The lowest BCUT2D eigenvalue weighted by atomic mass is 9.43. The van der Waals surface area contributed by atoms with E-state index in [4.69, 9.17) is 9.47 Å². The molecule has 8 aliphatic rings. The van der Waals surface area contributed by atoms with Crippen LogP contribution in [-0.2, 0) is 28.7 Å². The Morgan fingerprint density at radius 1 is 0.523 bits per heavy atom. The first-order valence-corrected chi connectivity index (χ1v) is 26.9. The van der Waals surface area contributed by atoms with Crippen LogP contribution in [0.4, 0.5) is 0 Å². The minimum atomic E-state index is -0.303. The van der Waals surface area contributed by atoms with Gasteiger partial charge in [-0.15, -0.1) is 0 Å². The molecule has 4 N–H and O–H groups in total. The third kappa shape index (κ3) is 9.10. The Labute approximate surface area is 392 Å². The van der Waals surface area contributed by atoms with E-state index in [1.165, 1.54) is 52.7 Å². The van der Waals surface area contributed by atoms with Gasteiger partial charge >= 0.3 is 11.9 Å². The maximum absolute atomic E-state index is 13.3. The van der Waals surface area contributed by atoms with E-state index in [0.29, 0.717) is 103 Å². The molecule has 0 heterocycles. The predicted molar refractivity (Wildman–Crippen MR) is 252 cm³/mol. The second-order valence-corrected chi connectivity index (χ2v) is 25.2. The number of hydrogen-bond donors (Lipinski definition) is 4. The minimum Gasteiger partial charge on any atom is -0.469 e. The van der Waals surface area contributed by atoms with Gasteiger partial charge in [-0.25, -0.2) is 0 Å². The summed E-state index contributed by atoms with van der Waals surface area (Å²) in [7, 11) is 2.95. The fourth-order valence-corrected chi connectivity index (χ4v) is 19.0. The minimum absolute atomic E-state index is 0.0411. The first-order chi connectivity index (χ1) is 30.9. The smallest absolute Gasteiger partial charge is 0.305 e. The molecule has 8 fully saturated rings. The molecule has 65 heavy (non-hydrogen) atoms. The van der Waals surface area contributed by atoms with Gasteiger partial charge in [0.25, 0.3) is 0 Å². The Bertz CT molecular complexity index is 1620. The number of rotatable bonds is 14. The van der Waals surface area contributed by atoms with Crippen LogP contribution in [0.25, 0.3) is 0 Å². The molecular weight excluding hydrogens is 817 g/mol. The molecule has 0 aromatic carbocycles. The summed E-state index contributed by atoms with van der Waals surface area (Å²) in [5, 5.41) is 30.6. The summed E-state index contributed by atoms with van der Waals surface area (Å²) in [6.07, 6.45) is 20.4. The lowest BCUT2D eigenvalue weighted by Crippen LogP contribution is -2.59. The average molecular weight is 907 g/mol. The zero-order chi connectivity index (χ0) is 46.6. The highest BCUT2D eigenvalue weighted by Crippen LogP contribution is 2.70. The second kappa shape index (κ2) is 19.3. The van der Waals surface area contributed by atoms with E-state index in [1.807, 2.05) is 0 Å². The molecule has 10 heteroatoms. The molecule has 0 aromatic heterocycles. The van der Waals surface area contributed by atoms with E-state index in [9.17, 15) is 29.4 Å². The summed E-state index contributed by atoms with van der Waals surface area (Å²) in [5.74, 6) is 5.46. The molecule has 20 atom stereocenters. The zero-order valence-electron chi connectivity index (χ0n) is 41.8. The van der Waals surface area contributed by atoms with E-state index in [1.54, 1.807) is 0 Å². The quantitative estimate of drug-likeness (QED) is 0.126. The molecule has 8 saturated carbocycles. The van der Waals surface area contributed by atoms with Crippen LogP contribution in [-0.4, -0.2) is 72.5 Å². The number of aliphatic hydroxyl groups excluding tert-OH is 2. The van der Waals surface area contributed by atoms with E-state index in [2.05, 4.69) is 52.2 Å². The van der Waals surface area contributed by atoms with Gasteiger partial charge in [0.05, 0.1) is 26.4 Å². The topological polar surface area (TPSA) is 151 Å². The maximum atomic E-state index is 13.3. The second-order valence-electron chi connectivity index (χ2n) is 25.2. The fraction of sp³-hybridized carbons (Fsp3) is 0.927. The normalized spacial score (nSPS) is 46.1. The largest absolute Gasteiger partial charge is 0.469 e. The highest BCUT2D eigenvalue weighted by atomic mass is 16.5. The lowest BCUT2D eigenvalue weighted by Gasteiger charge is -2.62. The van der Waals surface area contributed by atoms with Crippen LogP contribution in [0.15, 0.2) is 0 Å². The SMILES string of the molecule is COC(=O)CC[C@@H](C)[C@H]1CCC2C3C(O)CC4C[C@H](NC(=O)CCCC(=O)N[C@H]5CC[C@@]6(C)C(CC(O)C7C6CC[C@@]6(C)C7CC[C@@H]6[C@H](C)CCC(=O)OC)C5)CC[C@]4(C)C3CC[C@@]21C. The van der Waals surface area contributed by atoms with Crippen LogP contribution < -0.4 is 10.6 Å². The summed E-state index contributed by atoms with van der Waals surface area (Å²) in [6, 6.07) is 0.241. The van der Waals surface area contributed by atoms with Gasteiger partial charge in [0, 0.05) is 37.8 Å². The van der Waals surface area contributed by atoms with Gasteiger partial charge < -0.3 is 30.3 Å². The molecular formula is C55H90N2O8. The number of esters is 2. The van der Waals surface area contributed by atoms with Crippen molar-refractivity contribution < 1.29 is 38.9 Å².